The molecule has 224 valence electrons. The topological polar surface area (TPSA) is 100 Å². The van der Waals surface area contributed by atoms with E-state index in [4.69, 9.17) is 0 Å². The number of benzene rings is 4. The number of nitrogens with zero attached hydrogens (tertiary/aromatic N) is 1. The third-order valence-electron chi connectivity index (χ3n) is 6.85. The zero-order chi connectivity index (χ0) is 31.6. The lowest BCUT2D eigenvalue weighted by Crippen LogP contribution is -2.30. The van der Waals surface area contributed by atoms with Crippen LogP contribution in [-0.4, -0.2) is 22.7 Å². The van der Waals surface area contributed by atoms with Crippen LogP contribution in [0.25, 0.3) is 6.08 Å². The molecular weight excluding hydrogens is 580 g/mol. The minimum atomic E-state index is -0.552. The summed E-state index contributed by atoms with van der Waals surface area (Å²) in [5.41, 5.74) is 5.37. The summed E-state index contributed by atoms with van der Waals surface area (Å²) in [5, 5.41) is 8.18. The molecular formula is C37H32N4O3S. The van der Waals surface area contributed by atoms with Crippen LogP contribution in [0.15, 0.2) is 138 Å². The molecule has 0 saturated heterocycles. The van der Waals surface area contributed by atoms with Crippen molar-refractivity contribution in [2.45, 2.75) is 24.0 Å². The predicted molar refractivity (Wildman–Crippen MR) is 181 cm³/mol. The monoisotopic (exact) mass is 612 g/mol. The smallest absolute Gasteiger partial charge is 0.272 e. The van der Waals surface area contributed by atoms with Gasteiger partial charge in [0.2, 0.25) is 5.91 Å². The van der Waals surface area contributed by atoms with Crippen molar-refractivity contribution in [1.29, 1.82) is 0 Å². The molecule has 1 atom stereocenters. The molecule has 7 nitrogen and oxygen atoms in total. The number of pyridine rings is 1. The van der Waals surface area contributed by atoms with E-state index in [-0.39, 0.29) is 11.6 Å². The molecule has 8 heteroatoms. The number of aromatic nitrogens is 1. The molecule has 4 aromatic carbocycles. The van der Waals surface area contributed by atoms with Crippen LogP contribution in [0, 0.1) is 13.8 Å². The minimum absolute atomic E-state index is 0.0601. The van der Waals surface area contributed by atoms with Crippen molar-refractivity contribution in [3.05, 3.63) is 161 Å². The van der Waals surface area contributed by atoms with Crippen molar-refractivity contribution in [2.75, 3.05) is 10.6 Å². The van der Waals surface area contributed by atoms with Crippen LogP contribution in [0.2, 0.25) is 0 Å². The number of carbonyl (C=O) groups is 3. The number of thioether (sulfide) groups is 1. The third kappa shape index (κ3) is 8.55. The zero-order valence-electron chi connectivity index (χ0n) is 24.9. The van der Waals surface area contributed by atoms with Crippen LogP contribution >= 0.6 is 11.8 Å². The maximum atomic E-state index is 13.6. The Morgan fingerprint density at radius 1 is 0.778 bits per heavy atom. The summed E-state index contributed by atoms with van der Waals surface area (Å²) in [6.07, 6.45) is 4.81. The van der Waals surface area contributed by atoms with Crippen molar-refractivity contribution in [1.82, 2.24) is 10.3 Å². The van der Waals surface area contributed by atoms with E-state index >= 15 is 0 Å². The van der Waals surface area contributed by atoms with E-state index in [1.165, 1.54) is 11.8 Å². The van der Waals surface area contributed by atoms with E-state index < -0.39 is 17.1 Å². The Hall–Kier alpha value is -5.47. The fourth-order valence-corrected chi connectivity index (χ4v) is 5.69. The van der Waals surface area contributed by atoms with Crippen LogP contribution in [0.5, 0.6) is 0 Å². The van der Waals surface area contributed by atoms with Gasteiger partial charge < -0.3 is 16.0 Å². The second-order valence-electron chi connectivity index (χ2n) is 10.4. The van der Waals surface area contributed by atoms with Gasteiger partial charge in [-0.05, 0) is 79.1 Å². The normalized spacial score (nSPS) is 11.7. The van der Waals surface area contributed by atoms with Gasteiger partial charge in [0.25, 0.3) is 11.8 Å². The quantitative estimate of drug-likeness (QED) is 0.112. The molecule has 5 rings (SSSR count). The lowest BCUT2D eigenvalue weighted by Gasteiger charge is -2.19. The van der Waals surface area contributed by atoms with Crippen molar-refractivity contribution in [2.24, 2.45) is 0 Å². The number of aryl methyl sites for hydroxylation is 2. The molecule has 3 amide bonds. The van der Waals surface area contributed by atoms with Crippen molar-refractivity contribution < 1.29 is 14.4 Å². The maximum Gasteiger partial charge on any atom is 0.272 e. The fraction of sp³-hybridized carbons (Fsp3) is 0.0811. The van der Waals surface area contributed by atoms with Crippen molar-refractivity contribution in [3.63, 3.8) is 0 Å². The van der Waals surface area contributed by atoms with Gasteiger partial charge >= 0.3 is 0 Å². The number of amides is 3. The predicted octanol–water partition coefficient (Wildman–Crippen LogP) is 7.58. The maximum absolute atomic E-state index is 13.6. The molecule has 0 radical (unpaired) electrons. The van der Waals surface area contributed by atoms with E-state index in [9.17, 15) is 14.4 Å². The fourth-order valence-electron chi connectivity index (χ4n) is 4.60. The van der Waals surface area contributed by atoms with E-state index in [0.29, 0.717) is 16.8 Å². The first kappa shape index (κ1) is 31.0. The highest BCUT2D eigenvalue weighted by molar-refractivity contribution is 8.00. The summed E-state index contributed by atoms with van der Waals surface area (Å²) in [5.74, 6) is -1.07. The summed E-state index contributed by atoms with van der Waals surface area (Å²) >= 11 is 1.38. The SMILES string of the molecule is Cc1ccc(NC(=O)C(Sc2cccc(NC(=O)/C(=C/c3cccnc3)NC(=O)c3ccccc3)c2)c2ccccc2)c(C)c1. The van der Waals surface area contributed by atoms with Gasteiger partial charge in [0.1, 0.15) is 10.9 Å². The Balaban J connectivity index is 1.37. The summed E-state index contributed by atoms with van der Waals surface area (Å²) in [7, 11) is 0. The number of rotatable bonds is 10. The first-order chi connectivity index (χ1) is 21.9. The molecule has 1 heterocycles. The van der Waals surface area contributed by atoms with E-state index in [2.05, 4.69) is 20.9 Å². The highest BCUT2D eigenvalue weighted by atomic mass is 32.2. The highest BCUT2D eigenvalue weighted by Crippen LogP contribution is 2.37. The van der Waals surface area contributed by atoms with E-state index in [1.807, 2.05) is 86.6 Å². The highest BCUT2D eigenvalue weighted by Gasteiger charge is 2.23. The standard InChI is InChI=1S/C37H32N4O3S/c1-25-18-19-32(26(2)21-25)40-37(44)34(28-12-5-3-6-13-28)45-31-17-9-16-30(23-31)39-36(43)33(22-27-11-10-20-38-24-27)41-35(42)29-14-7-4-8-15-29/h3-24,34H,1-2H3,(H,39,43)(H,40,44)(H,41,42)/b33-22-. The molecule has 0 fully saturated rings. The van der Waals surface area contributed by atoms with Crippen LogP contribution in [0.4, 0.5) is 11.4 Å². The molecule has 0 aliphatic rings. The summed E-state index contributed by atoms with van der Waals surface area (Å²) in [6, 6.07) is 35.0. The van der Waals surface area contributed by atoms with Crippen LogP contribution in [-0.2, 0) is 9.59 Å². The van der Waals surface area contributed by atoms with Gasteiger partial charge in [0.15, 0.2) is 0 Å². The number of nitrogens with one attached hydrogen (secondary N) is 3. The van der Waals surface area contributed by atoms with E-state index in [1.54, 1.807) is 60.9 Å². The summed E-state index contributed by atoms with van der Waals surface area (Å²) in [4.78, 5) is 45.0. The minimum Gasteiger partial charge on any atom is -0.325 e. The molecule has 0 aliphatic carbocycles. The molecule has 3 N–H and O–H groups in total. The first-order valence-corrected chi connectivity index (χ1v) is 15.2. The van der Waals surface area contributed by atoms with Gasteiger partial charge in [0.05, 0.1) is 0 Å². The largest absolute Gasteiger partial charge is 0.325 e. The second kappa shape index (κ2) is 14.8. The number of hydrogen-bond acceptors (Lipinski definition) is 5. The average molecular weight is 613 g/mol. The average Bonchev–Trinajstić information content (AvgIpc) is 3.06. The van der Waals surface area contributed by atoms with Crippen LogP contribution < -0.4 is 16.0 Å². The third-order valence-corrected chi connectivity index (χ3v) is 8.10. The Morgan fingerprint density at radius 3 is 2.24 bits per heavy atom. The lowest BCUT2D eigenvalue weighted by molar-refractivity contribution is -0.116. The summed E-state index contributed by atoms with van der Waals surface area (Å²) in [6.45, 7) is 3.99. The Kier molecular flexibility index (Phi) is 10.2. The number of hydrogen-bond donors (Lipinski definition) is 3. The van der Waals surface area contributed by atoms with Crippen molar-refractivity contribution in [3.8, 4) is 0 Å². The van der Waals surface area contributed by atoms with Gasteiger partial charge in [-0.3, -0.25) is 19.4 Å². The molecule has 1 aromatic heterocycles. The Labute approximate surface area is 266 Å². The zero-order valence-corrected chi connectivity index (χ0v) is 25.7. The molecule has 45 heavy (non-hydrogen) atoms. The first-order valence-electron chi connectivity index (χ1n) is 14.3. The Bertz CT molecular complexity index is 1830. The molecule has 0 aliphatic heterocycles. The molecule has 0 saturated carbocycles. The molecule has 5 aromatic rings. The number of carbonyl (C=O) groups excluding carboxylic acids is 3. The Morgan fingerprint density at radius 2 is 1.53 bits per heavy atom. The molecule has 0 bridgehead atoms. The summed E-state index contributed by atoms with van der Waals surface area (Å²) < 4.78 is 0. The second-order valence-corrected chi connectivity index (χ2v) is 11.5. The van der Waals surface area contributed by atoms with Gasteiger partial charge in [-0.25, -0.2) is 0 Å². The molecule has 1 unspecified atom stereocenters. The van der Waals surface area contributed by atoms with Crippen molar-refractivity contribution >= 4 is 46.9 Å². The van der Waals surface area contributed by atoms with Crippen LogP contribution in [0.1, 0.15) is 37.9 Å². The van der Waals surface area contributed by atoms with Crippen LogP contribution in [0.3, 0.4) is 0 Å². The van der Waals surface area contributed by atoms with Gasteiger partial charge in [-0.15, -0.1) is 11.8 Å². The van der Waals surface area contributed by atoms with E-state index in [0.717, 1.165) is 27.3 Å². The van der Waals surface area contributed by atoms with Gasteiger partial charge in [-0.2, -0.15) is 0 Å². The van der Waals surface area contributed by atoms with Gasteiger partial charge in [-0.1, -0.05) is 78.4 Å². The number of anilines is 2. The van der Waals surface area contributed by atoms with Gasteiger partial charge in [0, 0.05) is 34.2 Å². The molecule has 0 spiro atoms. The lowest BCUT2D eigenvalue weighted by atomic mass is 10.1.